The summed E-state index contributed by atoms with van der Waals surface area (Å²) in [7, 11) is 1.65. The van der Waals surface area contributed by atoms with Gasteiger partial charge in [0.2, 0.25) is 5.91 Å². The summed E-state index contributed by atoms with van der Waals surface area (Å²) in [5.74, 6) is 0.859. The number of rotatable bonds is 6. The Labute approximate surface area is 182 Å². The first-order valence-electron chi connectivity index (χ1n) is 9.65. The topological polar surface area (TPSA) is 51.7 Å². The van der Waals surface area contributed by atoms with Gasteiger partial charge in [0.15, 0.2) is 5.13 Å². The fourth-order valence-electron chi connectivity index (χ4n) is 3.60. The molecule has 7 heteroatoms. The number of methoxy groups -OCH3 is 1. The number of aryl methyl sites for hydroxylation is 1. The number of hydrogen-bond donors (Lipinski definition) is 0. The van der Waals surface area contributed by atoms with E-state index in [1.807, 2.05) is 43.3 Å². The fourth-order valence-corrected chi connectivity index (χ4v) is 5.14. The molecule has 1 aliphatic heterocycles. The van der Waals surface area contributed by atoms with E-state index < -0.39 is 0 Å². The molecule has 0 N–H and O–H groups in total. The maximum Gasteiger partial charge on any atom is 0.233 e. The van der Waals surface area contributed by atoms with E-state index in [0.29, 0.717) is 13.0 Å². The van der Waals surface area contributed by atoms with Crippen LogP contribution < -0.4 is 9.64 Å². The molecule has 4 rings (SSSR count). The Hall–Kier alpha value is -1.96. The Morgan fingerprint density at radius 2 is 2.21 bits per heavy atom. The number of fused-ring (bicyclic) bond motifs is 1. The summed E-state index contributed by atoms with van der Waals surface area (Å²) in [6.45, 7) is 3.29. The Bertz CT molecular complexity index is 1030. The normalized spacial score (nSPS) is 16.3. The van der Waals surface area contributed by atoms with Gasteiger partial charge in [-0.1, -0.05) is 39.4 Å². The first-order valence-corrected chi connectivity index (χ1v) is 11.3. The molecular formula is C22H23BrN2O3S. The Balaban J connectivity index is 1.61. The van der Waals surface area contributed by atoms with Crippen LogP contribution in [0.5, 0.6) is 5.75 Å². The van der Waals surface area contributed by atoms with Crippen LogP contribution in [-0.2, 0) is 16.0 Å². The number of aromatic nitrogens is 1. The minimum absolute atomic E-state index is 0.0307. The number of hydrogen-bond acceptors (Lipinski definition) is 5. The van der Waals surface area contributed by atoms with Gasteiger partial charge in [-0.25, -0.2) is 4.98 Å². The highest BCUT2D eigenvalue weighted by atomic mass is 79.9. The molecule has 1 atom stereocenters. The average molecular weight is 475 g/mol. The number of nitrogens with zero attached hydrogens (tertiary/aromatic N) is 2. The minimum atomic E-state index is 0.0307. The van der Waals surface area contributed by atoms with Gasteiger partial charge in [-0.2, -0.15) is 0 Å². The van der Waals surface area contributed by atoms with E-state index in [-0.39, 0.29) is 12.0 Å². The van der Waals surface area contributed by atoms with Crippen molar-refractivity contribution in [1.82, 2.24) is 4.98 Å². The highest BCUT2D eigenvalue weighted by Crippen LogP contribution is 2.32. The molecule has 1 aromatic heterocycles. The lowest BCUT2D eigenvalue weighted by molar-refractivity contribution is -0.118. The Morgan fingerprint density at radius 1 is 1.34 bits per heavy atom. The summed E-state index contributed by atoms with van der Waals surface area (Å²) in [6.07, 6.45) is 2.39. The van der Waals surface area contributed by atoms with Gasteiger partial charge in [0.25, 0.3) is 0 Å². The molecule has 2 heterocycles. The van der Waals surface area contributed by atoms with Crippen LogP contribution in [0.15, 0.2) is 40.9 Å². The molecule has 0 spiro atoms. The first-order chi connectivity index (χ1) is 14.0. The van der Waals surface area contributed by atoms with Crippen LogP contribution in [0, 0.1) is 6.92 Å². The summed E-state index contributed by atoms with van der Waals surface area (Å²) in [4.78, 5) is 19.8. The molecule has 1 unspecified atom stereocenters. The predicted molar refractivity (Wildman–Crippen MR) is 120 cm³/mol. The lowest BCUT2D eigenvalue weighted by Gasteiger charge is -2.23. The number of halogens is 1. The smallest absolute Gasteiger partial charge is 0.233 e. The number of thiazole rings is 1. The highest BCUT2D eigenvalue weighted by molar-refractivity contribution is 9.10. The zero-order chi connectivity index (χ0) is 20.4. The van der Waals surface area contributed by atoms with E-state index in [1.54, 1.807) is 12.0 Å². The van der Waals surface area contributed by atoms with Crippen molar-refractivity contribution in [3.8, 4) is 5.75 Å². The van der Waals surface area contributed by atoms with Crippen LogP contribution in [0.4, 0.5) is 5.13 Å². The Kier molecular flexibility index (Phi) is 6.18. The van der Waals surface area contributed by atoms with Crippen LogP contribution in [0.2, 0.25) is 0 Å². The van der Waals surface area contributed by atoms with E-state index >= 15 is 0 Å². The predicted octanol–water partition coefficient (Wildman–Crippen LogP) is 5.13. The summed E-state index contributed by atoms with van der Waals surface area (Å²) in [5.41, 5.74) is 2.89. The molecule has 5 nitrogen and oxygen atoms in total. The SMILES string of the molecule is COc1ccc(CC(=O)N(CC2CCCO2)c2nc3ccc(Br)cc3s2)cc1C. The summed E-state index contributed by atoms with van der Waals surface area (Å²) in [6, 6.07) is 11.9. The fraction of sp³-hybridized carbons (Fsp3) is 0.364. The number of carbonyl (C=O) groups excluding carboxylic acids is 1. The molecule has 29 heavy (non-hydrogen) atoms. The van der Waals surface area contributed by atoms with Crippen molar-refractivity contribution in [2.24, 2.45) is 0 Å². The molecule has 1 fully saturated rings. The molecule has 1 amide bonds. The number of amides is 1. The molecule has 1 aliphatic rings. The van der Waals surface area contributed by atoms with Crippen molar-refractivity contribution in [1.29, 1.82) is 0 Å². The van der Waals surface area contributed by atoms with Gasteiger partial charge >= 0.3 is 0 Å². The molecule has 0 bridgehead atoms. The zero-order valence-electron chi connectivity index (χ0n) is 16.5. The summed E-state index contributed by atoms with van der Waals surface area (Å²) >= 11 is 5.05. The highest BCUT2D eigenvalue weighted by Gasteiger charge is 2.26. The second-order valence-corrected chi connectivity index (χ2v) is 9.15. The van der Waals surface area contributed by atoms with E-state index in [9.17, 15) is 4.79 Å². The van der Waals surface area contributed by atoms with Crippen LogP contribution in [0.3, 0.4) is 0 Å². The molecule has 0 saturated carbocycles. The largest absolute Gasteiger partial charge is 0.496 e. The van der Waals surface area contributed by atoms with Crippen LogP contribution in [-0.4, -0.2) is 37.3 Å². The number of ether oxygens (including phenoxy) is 2. The third-order valence-corrected chi connectivity index (χ3v) is 6.63. The molecule has 3 aromatic rings. The van der Waals surface area contributed by atoms with E-state index in [0.717, 1.165) is 56.1 Å². The van der Waals surface area contributed by atoms with Crippen molar-refractivity contribution in [3.63, 3.8) is 0 Å². The molecule has 0 radical (unpaired) electrons. The van der Waals surface area contributed by atoms with Gasteiger partial charge in [-0.3, -0.25) is 9.69 Å². The van der Waals surface area contributed by atoms with Gasteiger partial charge in [-0.15, -0.1) is 0 Å². The van der Waals surface area contributed by atoms with Crippen LogP contribution in [0.25, 0.3) is 10.2 Å². The monoisotopic (exact) mass is 474 g/mol. The van der Waals surface area contributed by atoms with E-state index in [2.05, 4.69) is 15.9 Å². The van der Waals surface area contributed by atoms with Crippen molar-refractivity contribution in [3.05, 3.63) is 52.0 Å². The van der Waals surface area contributed by atoms with Crippen molar-refractivity contribution < 1.29 is 14.3 Å². The maximum absolute atomic E-state index is 13.3. The van der Waals surface area contributed by atoms with E-state index in [4.69, 9.17) is 14.5 Å². The summed E-state index contributed by atoms with van der Waals surface area (Å²) < 4.78 is 13.2. The lowest BCUT2D eigenvalue weighted by Crippen LogP contribution is -2.38. The van der Waals surface area contributed by atoms with Gasteiger partial charge in [-0.05, 0) is 55.2 Å². The van der Waals surface area contributed by atoms with Gasteiger partial charge in [0, 0.05) is 11.1 Å². The molecule has 2 aromatic carbocycles. The molecule has 0 aliphatic carbocycles. The zero-order valence-corrected chi connectivity index (χ0v) is 18.9. The lowest BCUT2D eigenvalue weighted by atomic mass is 10.1. The van der Waals surface area contributed by atoms with Crippen LogP contribution in [0.1, 0.15) is 24.0 Å². The number of anilines is 1. The minimum Gasteiger partial charge on any atom is -0.496 e. The quantitative estimate of drug-likeness (QED) is 0.496. The van der Waals surface area contributed by atoms with Gasteiger partial charge in [0.1, 0.15) is 5.75 Å². The van der Waals surface area contributed by atoms with Crippen LogP contribution >= 0.6 is 27.3 Å². The first kappa shape index (κ1) is 20.3. The maximum atomic E-state index is 13.3. The van der Waals surface area contributed by atoms with Crippen molar-refractivity contribution >= 4 is 48.5 Å². The number of benzene rings is 2. The third-order valence-electron chi connectivity index (χ3n) is 5.10. The van der Waals surface area contributed by atoms with Crippen molar-refractivity contribution in [2.75, 3.05) is 25.2 Å². The standard InChI is InChI=1S/C22H23BrN2O3S/c1-14-10-15(5-8-19(14)27-2)11-21(26)25(13-17-4-3-9-28-17)22-24-18-7-6-16(23)12-20(18)29-22/h5-8,10,12,17H,3-4,9,11,13H2,1-2H3. The average Bonchev–Trinajstić information content (AvgIpc) is 3.35. The molecular weight excluding hydrogens is 452 g/mol. The second kappa shape index (κ2) is 8.81. The van der Waals surface area contributed by atoms with Crippen molar-refractivity contribution in [2.45, 2.75) is 32.3 Å². The second-order valence-electron chi connectivity index (χ2n) is 7.23. The third kappa shape index (κ3) is 4.63. The Morgan fingerprint density at radius 3 is 2.93 bits per heavy atom. The number of carbonyl (C=O) groups is 1. The van der Waals surface area contributed by atoms with E-state index in [1.165, 1.54) is 11.3 Å². The molecule has 1 saturated heterocycles. The van der Waals surface area contributed by atoms with Gasteiger partial charge < -0.3 is 9.47 Å². The van der Waals surface area contributed by atoms with Gasteiger partial charge in [0.05, 0.1) is 36.4 Å². The molecule has 152 valence electrons. The summed E-state index contributed by atoms with van der Waals surface area (Å²) in [5, 5.41) is 0.726.